The number of amides is 3. The van der Waals surface area contributed by atoms with Gasteiger partial charge >= 0.3 is 6.09 Å². The van der Waals surface area contributed by atoms with E-state index in [0.717, 1.165) is 19.3 Å². The van der Waals surface area contributed by atoms with Gasteiger partial charge in [0.15, 0.2) is 0 Å². The first-order valence-corrected chi connectivity index (χ1v) is 15.2. The van der Waals surface area contributed by atoms with E-state index in [4.69, 9.17) is 9.47 Å². The van der Waals surface area contributed by atoms with Gasteiger partial charge in [-0.15, -0.1) is 0 Å². The van der Waals surface area contributed by atoms with Gasteiger partial charge in [-0.1, -0.05) is 50.5 Å². The van der Waals surface area contributed by atoms with Crippen LogP contribution >= 0.6 is 0 Å². The normalized spacial score (nSPS) is 12.5. The third kappa shape index (κ3) is 11.0. The van der Waals surface area contributed by atoms with Crippen LogP contribution in [0.2, 0.25) is 0 Å². The summed E-state index contributed by atoms with van der Waals surface area (Å²) in [6, 6.07) is 17.2. The van der Waals surface area contributed by atoms with Crippen molar-refractivity contribution in [2.45, 2.75) is 77.5 Å². The first kappa shape index (κ1) is 34.8. The minimum absolute atomic E-state index is 0.0550. The van der Waals surface area contributed by atoms with Gasteiger partial charge < -0.3 is 35.2 Å². The van der Waals surface area contributed by atoms with Crippen LogP contribution in [-0.2, 0) is 20.7 Å². The van der Waals surface area contributed by atoms with E-state index < -0.39 is 35.6 Å². The van der Waals surface area contributed by atoms with Gasteiger partial charge in [0.2, 0.25) is 5.91 Å². The van der Waals surface area contributed by atoms with Gasteiger partial charge in [0.05, 0.1) is 7.11 Å². The van der Waals surface area contributed by atoms with Crippen molar-refractivity contribution >= 4 is 23.6 Å². The van der Waals surface area contributed by atoms with Crippen molar-refractivity contribution in [2.24, 2.45) is 0 Å². The number of hydrogen-bond donors (Lipinski definition) is 4. The zero-order chi connectivity index (χ0) is 33.0. The Labute approximate surface area is 265 Å². The number of carbonyl (C=O) groups excluding carboxylic acids is 3. The van der Waals surface area contributed by atoms with Crippen molar-refractivity contribution in [2.75, 3.05) is 19.0 Å². The molecule has 242 valence electrons. The van der Waals surface area contributed by atoms with Crippen molar-refractivity contribution in [3.8, 4) is 17.2 Å². The lowest BCUT2D eigenvalue weighted by Crippen LogP contribution is -2.53. The molecule has 0 aliphatic carbocycles. The van der Waals surface area contributed by atoms with E-state index in [0.29, 0.717) is 29.0 Å². The Kier molecular flexibility index (Phi) is 12.6. The number of methoxy groups -OCH3 is 1. The third-order valence-electron chi connectivity index (χ3n) is 7.00. The number of hydrogen-bond acceptors (Lipinski definition) is 7. The lowest BCUT2D eigenvalue weighted by molar-refractivity contribution is -0.140. The van der Waals surface area contributed by atoms with Crippen LogP contribution in [-0.4, -0.2) is 58.3 Å². The Hall–Kier alpha value is -4.73. The van der Waals surface area contributed by atoms with Gasteiger partial charge in [-0.25, -0.2) is 4.79 Å². The summed E-state index contributed by atoms with van der Waals surface area (Å²) < 4.78 is 10.7. The summed E-state index contributed by atoms with van der Waals surface area (Å²) in [6.45, 7) is 7.48. The molecule has 3 aromatic carbocycles. The Morgan fingerprint density at radius 3 is 2.18 bits per heavy atom. The summed E-state index contributed by atoms with van der Waals surface area (Å²) in [5.41, 5.74) is 0.783. The molecule has 0 saturated heterocycles. The van der Waals surface area contributed by atoms with Crippen molar-refractivity contribution in [1.82, 2.24) is 10.2 Å². The molecule has 0 radical (unpaired) electrons. The first-order chi connectivity index (χ1) is 21.4. The summed E-state index contributed by atoms with van der Waals surface area (Å²) in [5, 5.41) is 25.8. The lowest BCUT2D eigenvalue weighted by Gasteiger charge is -2.34. The topological polar surface area (TPSA) is 137 Å². The quantitative estimate of drug-likeness (QED) is 0.155. The van der Waals surface area contributed by atoms with E-state index in [9.17, 15) is 24.6 Å². The maximum absolute atomic E-state index is 14.6. The van der Waals surface area contributed by atoms with Gasteiger partial charge in [0, 0.05) is 18.7 Å². The van der Waals surface area contributed by atoms with E-state index in [1.807, 2.05) is 0 Å². The Balaban J connectivity index is 2.06. The van der Waals surface area contributed by atoms with Crippen LogP contribution in [0.3, 0.4) is 0 Å². The molecule has 2 unspecified atom stereocenters. The summed E-state index contributed by atoms with van der Waals surface area (Å²) in [7, 11) is 1.55. The lowest BCUT2D eigenvalue weighted by atomic mass is 9.99. The van der Waals surface area contributed by atoms with E-state index >= 15 is 0 Å². The number of phenols is 2. The number of carbonyl (C=O) groups is 3. The molecule has 0 aliphatic heterocycles. The Bertz CT molecular complexity index is 1400. The van der Waals surface area contributed by atoms with E-state index in [1.165, 1.54) is 29.2 Å². The van der Waals surface area contributed by atoms with Gasteiger partial charge in [-0.2, -0.15) is 0 Å². The molecule has 3 aromatic rings. The van der Waals surface area contributed by atoms with Crippen LogP contribution in [0.15, 0.2) is 72.8 Å². The number of unbranched alkanes of at least 4 members (excludes halogenated alkanes) is 3. The second-order valence-corrected chi connectivity index (χ2v) is 11.9. The number of phenolic OH excluding ortho intramolecular Hbond substituents is 2. The average molecular weight is 620 g/mol. The maximum Gasteiger partial charge on any atom is 0.408 e. The molecule has 0 bridgehead atoms. The number of aromatic hydroxyl groups is 2. The number of nitrogens with one attached hydrogen (secondary N) is 2. The Morgan fingerprint density at radius 2 is 1.58 bits per heavy atom. The summed E-state index contributed by atoms with van der Waals surface area (Å²) in [6.07, 6.45) is 2.67. The zero-order valence-corrected chi connectivity index (χ0v) is 26.7. The average Bonchev–Trinajstić information content (AvgIpc) is 2.98. The largest absolute Gasteiger partial charge is 0.508 e. The number of benzene rings is 3. The molecule has 0 heterocycles. The summed E-state index contributed by atoms with van der Waals surface area (Å²) in [5.74, 6) is -0.353. The molecule has 45 heavy (non-hydrogen) atoms. The molecule has 3 rings (SSSR count). The highest BCUT2D eigenvalue weighted by atomic mass is 16.6. The van der Waals surface area contributed by atoms with Crippen molar-refractivity contribution < 1.29 is 34.1 Å². The van der Waals surface area contributed by atoms with Crippen LogP contribution < -0.4 is 15.4 Å². The van der Waals surface area contributed by atoms with Crippen LogP contribution in [0.1, 0.15) is 70.5 Å². The zero-order valence-electron chi connectivity index (χ0n) is 26.7. The van der Waals surface area contributed by atoms with Crippen LogP contribution in [0, 0.1) is 0 Å². The van der Waals surface area contributed by atoms with Crippen molar-refractivity contribution in [1.29, 1.82) is 0 Å². The molecule has 0 aliphatic rings. The fourth-order valence-electron chi connectivity index (χ4n) is 4.85. The number of rotatable bonds is 14. The fourth-order valence-corrected chi connectivity index (χ4v) is 4.85. The highest BCUT2D eigenvalue weighted by Crippen LogP contribution is 2.28. The molecule has 4 N–H and O–H groups in total. The molecule has 2 atom stereocenters. The SMILES string of the molecule is CCCCCCN(C(=O)C(Cc1ccc(O)cc1)NC(=O)OC(C)(C)C)C(C(=O)Nc1ccc(OC)cc1)c1cccc(O)c1. The third-order valence-corrected chi connectivity index (χ3v) is 7.00. The molecule has 0 fully saturated rings. The van der Waals surface area contributed by atoms with Gasteiger partial charge in [0.1, 0.15) is 34.9 Å². The number of alkyl carbamates (subject to hydrolysis) is 1. The highest BCUT2D eigenvalue weighted by Gasteiger charge is 2.36. The molecule has 10 nitrogen and oxygen atoms in total. The molecule has 3 amide bonds. The van der Waals surface area contributed by atoms with E-state index in [-0.39, 0.29) is 24.5 Å². The molecular formula is C35H45N3O7. The monoisotopic (exact) mass is 619 g/mol. The molecular weight excluding hydrogens is 574 g/mol. The second kappa shape index (κ2) is 16.4. The number of nitrogens with zero attached hydrogens (tertiary/aromatic N) is 1. The van der Waals surface area contributed by atoms with Gasteiger partial charge in [0.25, 0.3) is 5.91 Å². The molecule has 0 aromatic heterocycles. The number of ether oxygens (including phenoxy) is 2. The summed E-state index contributed by atoms with van der Waals surface area (Å²) in [4.78, 5) is 43.1. The molecule has 0 spiro atoms. The minimum Gasteiger partial charge on any atom is -0.508 e. The van der Waals surface area contributed by atoms with E-state index in [1.54, 1.807) is 76.4 Å². The Morgan fingerprint density at radius 1 is 0.889 bits per heavy atom. The van der Waals surface area contributed by atoms with Crippen molar-refractivity contribution in [3.63, 3.8) is 0 Å². The highest BCUT2D eigenvalue weighted by molar-refractivity contribution is 5.99. The van der Waals surface area contributed by atoms with Crippen molar-refractivity contribution in [3.05, 3.63) is 83.9 Å². The molecule has 10 heteroatoms. The smallest absolute Gasteiger partial charge is 0.408 e. The predicted octanol–water partition coefficient (Wildman–Crippen LogP) is 6.33. The second-order valence-electron chi connectivity index (χ2n) is 11.9. The number of anilines is 1. The van der Waals surface area contributed by atoms with Crippen LogP contribution in [0.25, 0.3) is 0 Å². The first-order valence-electron chi connectivity index (χ1n) is 15.2. The predicted molar refractivity (Wildman–Crippen MR) is 173 cm³/mol. The standard InChI is InChI=1S/C35H45N3O7/c1-6-7-8-9-21-38(33(42)30(37-34(43)45-35(2,3)4)22-24-13-17-27(39)18-14-24)31(25-11-10-12-28(40)23-25)32(41)36-26-15-19-29(44-5)20-16-26/h10-20,23,30-31,39-40H,6-9,21-22H2,1-5H3,(H,36,41)(H,37,43). The van der Waals surface area contributed by atoms with E-state index in [2.05, 4.69) is 17.6 Å². The van der Waals surface area contributed by atoms with Gasteiger partial charge in [-0.05, 0) is 86.8 Å². The van der Waals surface area contributed by atoms with Gasteiger partial charge in [-0.3, -0.25) is 9.59 Å². The molecule has 0 saturated carbocycles. The summed E-state index contributed by atoms with van der Waals surface area (Å²) >= 11 is 0. The van der Waals surface area contributed by atoms with Crippen LogP contribution in [0.5, 0.6) is 17.2 Å². The van der Waals surface area contributed by atoms with Crippen LogP contribution in [0.4, 0.5) is 10.5 Å². The maximum atomic E-state index is 14.6. The minimum atomic E-state index is -1.14. The fraction of sp³-hybridized carbons (Fsp3) is 0.400.